The lowest BCUT2D eigenvalue weighted by Crippen LogP contribution is -2.42. The van der Waals surface area contributed by atoms with Crippen molar-refractivity contribution >= 4 is 35.1 Å². The number of hydrogen-bond acceptors (Lipinski definition) is 3. The summed E-state index contributed by atoms with van der Waals surface area (Å²) in [6, 6.07) is 4.36. The van der Waals surface area contributed by atoms with E-state index in [1.54, 1.807) is 12.1 Å². The molecule has 0 saturated heterocycles. The number of nitrogens with one attached hydrogen (secondary N) is 2. The second kappa shape index (κ2) is 6.12. The smallest absolute Gasteiger partial charge is 0.321 e. The Morgan fingerprint density at radius 2 is 2.05 bits per heavy atom. The van der Waals surface area contributed by atoms with Crippen LogP contribution >= 0.6 is 23.2 Å². The Morgan fingerprint density at radius 3 is 2.74 bits per heavy atom. The van der Waals surface area contributed by atoms with Crippen LogP contribution in [0.1, 0.15) is 12.8 Å². The van der Waals surface area contributed by atoms with E-state index in [9.17, 15) is 9.59 Å². The molecule has 3 amide bonds. The maximum absolute atomic E-state index is 11.5. The van der Waals surface area contributed by atoms with Crippen LogP contribution in [-0.2, 0) is 4.79 Å². The number of rotatable bonds is 4. The summed E-state index contributed by atoms with van der Waals surface area (Å²) in [6.07, 6.45) is 1.91. The van der Waals surface area contributed by atoms with E-state index in [4.69, 9.17) is 27.9 Å². The van der Waals surface area contributed by atoms with Gasteiger partial charge in [-0.1, -0.05) is 23.2 Å². The molecule has 19 heavy (non-hydrogen) atoms. The highest BCUT2D eigenvalue weighted by atomic mass is 35.5. The lowest BCUT2D eigenvalue weighted by molar-refractivity contribution is -0.122. The van der Waals surface area contributed by atoms with Crippen molar-refractivity contribution in [2.45, 2.75) is 18.9 Å². The van der Waals surface area contributed by atoms with Crippen LogP contribution in [0.3, 0.4) is 0 Å². The van der Waals surface area contributed by atoms with E-state index in [0.717, 1.165) is 12.8 Å². The standard InChI is InChI=1S/C12H12Cl2N2O3/c13-7-1-4-9(14)10(5-7)19-6-11(17)16-12(18)15-8-2-3-8/h1,4-5,8H,2-3,6H2,(H2,15,16,17,18). The first kappa shape index (κ1) is 14.0. The molecule has 0 atom stereocenters. The molecule has 1 aliphatic carbocycles. The second-order valence-electron chi connectivity index (χ2n) is 4.16. The van der Waals surface area contributed by atoms with Crippen LogP contribution in [0.5, 0.6) is 5.75 Å². The van der Waals surface area contributed by atoms with Gasteiger partial charge in [-0.05, 0) is 25.0 Å². The van der Waals surface area contributed by atoms with Crippen molar-refractivity contribution in [1.82, 2.24) is 10.6 Å². The average molecular weight is 303 g/mol. The zero-order valence-electron chi connectivity index (χ0n) is 9.91. The molecule has 0 aliphatic heterocycles. The Labute approximate surface area is 120 Å². The second-order valence-corrected chi connectivity index (χ2v) is 5.00. The number of amides is 3. The van der Waals surface area contributed by atoms with E-state index < -0.39 is 11.9 Å². The topological polar surface area (TPSA) is 67.4 Å². The maximum atomic E-state index is 11.5. The van der Waals surface area contributed by atoms with Crippen molar-refractivity contribution in [3.8, 4) is 5.75 Å². The molecule has 0 aromatic heterocycles. The fourth-order valence-electron chi connectivity index (χ4n) is 1.34. The van der Waals surface area contributed by atoms with Gasteiger partial charge in [-0.25, -0.2) is 4.79 Å². The zero-order valence-corrected chi connectivity index (χ0v) is 11.4. The minimum Gasteiger partial charge on any atom is -0.482 e. The molecule has 7 heteroatoms. The monoisotopic (exact) mass is 302 g/mol. The van der Waals surface area contributed by atoms with E-state index in [1.807, 2.05) is 0 Å². The van der Waals surface area contributed by atoms with Gasteiger partial charge in [0, 0.05) is 17.1 Å². The molecule has 1 saturated carbocycles. The third kappa shape index (κ3) is 4.61. The Morgan fingerprint density at radius 1 is 1.32 bits per heavy atom. The molecular formula is C12H12Cl2N2O3. The summed E-state index contributed by atoms with van der Waals surface area (Å²) in [5.74, 6) is -0.249. The molecule has 2 rings (SSSR count). The number of ether oxygens (including phenoxy) is 1. The molecular weight excluding hydrogens is 291 g/mol. The molecule has 0 spiro atoms. The third-order valence-corrected chi connectivity index (χ3v) is 2.96. The Bertz CT molecular complexity index is 504. The van der Waals surface area contributed by atoms with Gasteiger partial charge in [-0.3, -0.25) is 10.1 Å². The minimum atomic E-state index is -0.547. The molecule has 0 heterocycles. The quantitative estimate of drug-likeness (QED) is 0.897. The fraction of sp³-hybridized carbons (Fsp3) is 0.333. The Hall–Kier alpha value is -1.46. The number of benzene rings is 1. The number of imide groups is 1. The van der Waals surface area contributed by atoms with Gasteiger partial charge in [0.1, 0.15) is 5.75 Å². The molecule has 1 aliphatic rings. The Kier molecular flexibility index (Phi) is 4.50. The van der Waals surface area contributed by atoms with E-state index in [2.05, 4.69) is 10.6 Å². The van der Waals surface area contributed by atoms with Gasteiger partial charge in [-0.15, -0.1) is 0 Å². The van der Waals surface area contributed by atoms with Crippen LogP contribution in [0.4, 0.5) is 4.79 Å². The van der Waals surface area contributed by atoms with Crippen LogP contribution in [0, 0.1) is 0 Å². The lowest BCUT2D eigenvalue weighted by atomic mass is 10.3. The number of hydrogen-bond donors (Lipinski definition) is 2. The summed E-state index contributed by atoms with van der Waals surface area (Å²) in [5.41, 5.74) is 0. The van der Waals surface area contributed by atoms with Crippen LogP contribution in [0.2, 0.25) is 10.0 Å². The van der Waals surface area contributed by atoms with Gasteiger partial charge in [-0.2, -0.15) is 0 Å². The highest BCUT2D eigenvalue weighted by Gasteiger charge is 2.23. The fourth-order valence-corrected chi connectivity index (χ4v) is 1.68. The van der Waals surface area contributed by atoms with Gasteiger partial charge in [0.25, 0.3) is 5.91 Å². The predicted octanol–water partition coefficient (Wildman–Crippen LogP) is 2.36. The van der Waals surface area contributed by atoms with Crippen molar-refractivity contribution in [2.75, 3.05) is 6.61 Å². The van der Waals surface area contributed by atoms with Crippen LogP contribution < -0.4 is 15.4 Å². The molecule has 1 aromatic rings. The summed E-state index contributed by atoms with van der Waals surface area (Å²) in [6.45, 7) is -0.307. The van der Waals surface area contributed by atoms with Gasteiger partial charge in [0.15, 0.2) is 6.61 Å². The molecule has 0 bridgehead atoms. The molecule has 5 nitrogen and oxygen atoms in total. The van der Waals surface area contributed by atoms with Crippen molar-refractivity contribution in [3.05, 3.63) is 28.2 Å². The average Bonchev–Trinajstić information content (AvgIpc) is 3.14. The first-order chi connectivity index (χ1) is 9.04. The van der Waals surface area contributed by atoms with E-state index in [-0.39, 0.29) is 12.6 Å². The highest BCUT2D eigenvalue weighted by molar-refractivity contribution is 6.34. The maximum Gasteiger partial charge on any atom is 0.321 e. The van der Waals surface area contributed by atoms with Crippen LogP contribution in [0.15, 0.2) is 18.2 Å². The van der Waals surface area contributed by atoms with Crippen molar-refractivity contribution < 1.29 is 14.3 Å². The number of urea groups is 1. The first-order valence-electron chi connectivity index (χ1n) is 5.73. The summed E-state index contributed by atoms with van der Waals surface area (Å²) < 4.78 is 5.19. The molecule has 2 N–H and O–H groups in total. The summed E-state index contributed by atoms with van der Waals surface area (Å²) in [7, 11) is 0. The van der Waals surface area contributed by atoms with Crippen molar-refractivity contribution in [3.63, 3.8) is 0 Å². The molecule has 1 aromatic carbocycles. The van der Waals surface area contributed by atoms with E-state index >= 15 is 0 Å². The zero-order chi connectivity index (χ0) is 13.8. The number of carbonyl (C=O) groups is 2. The molecule has 102 valence electrons. The molecule has 0 radical (unpaired) electrons. The summed E-state index contributed by atoms with van der Waals surface area (Å²) >= 11 is 11.6. The largest absolute Gasteiger partial charge is 0.482 e. The van der Waals surface area contributed by atoms with Gasteiger partial charge >= 0.3 is 6.03 Å². The Balaban J connectivity index is 1.78. The van der Waals surface area contributed by atoms with Crippen LogP contribution in [-0.4, -0.2) is 24.6 Å². The van der Waals surface area contributed by atoms with Gasteiger partial charge in [0.2, 0.25) is 0 Å². The number of halogens is 2. The normalized spacial score (nSPS) is 13.8. The lowest BCUT2D eigenvalue weighted by Gasteiger charge is -2.09. The number of carbonyl (C=O) groups excluding carboxylic acids is 2. The van der Waals surface area contributed by atoms with Crippen molar-refractivity contribution in [2.24, 2.45) is 0 Å². The van der Waals surface area contributed by atoms with Crippen molar-refractivity contribution in [1.29, 1.82) is 0 Å². The SMILES string of the molecule is O=C(COc1cc(Cl)ccc1Cl)NC(=O)NC1CC1. The van der Waals surface area contributed by atoms with E-state index in [1.165, 1.54) is 6.07 Å². The molecule has 0 unspecified atom stereocenters. The minimum absolute atomic E-state index is 0.191. The first-order valence-corrected chi connectivity index (χ1v) is 6.48. The predicted molar refractivity (Wildman–Crippen MR) is 71.7 cm³/mol. The highest BCUT2D eigenvalue weighted by Crippen LogP contribution is 2.27. The van der Waals surface area contributed by atoms with Gasteiger partial charge < -0.3 is 10.1 Å². The summed E-state index contributed by atoms with van der Waals surface area (Å²) in [5, 5.41) is 5.59. The summed E-state index contributed by atoms with van der Waals surface area (Å²) in [4.78, 5) is 22.7. The third-order valence-electron chi connectivity index (χ3n) is 2.42. The van der Waals surface area contributed by atoms with Crippen LogP contribution in [0.25, 0.3) is 0 Å². The molecule has 1 fully saturated rings. The van der Waals surface area contributed by atoms with E-state index in [0.29, 0.717) is 15.8 Å². The van der Waals surface area contributed by atoms with Gasteiger partial charge in [0.05, 0.1) is 5.02 Å².